The molecular weight excluding hydrogens is 533 g/mol. The number of hydrogen-bond acceptors (Lipinski definition) is 4. The summed E-state index contributed by atoms with van der Waals surface area (Å²) in [4.78, 5) is 0.329. The van der Waals surface area contributed by atoms with Crippen LogP contribution in [0.5, 0.6) is 0 Å². The number of halogens is 1. The third-order valence-corrected chi connectivity index (χ3v) is 8.45. The van der Waals surface area contributed by atoms with Crippen molar-refractivity contribution in [2.24, 2.45) is 0 Å². The van der Waals surface area contributed by atoms with Gasteiger partial charge in [-0.05, 0) is 64.9 Å². The minimum absolute atomic E-state index is 0.0122. The fourth-order valence-electron chi connectivity index (χ4n) is 4.01. The van der Waals surface area contributed by atoms with Gasteiger partial charge in [-0.2, -0.15) is 4.31 Å². The highest BCUT2D eigenvalue weighted by Crippen LogP contribution is 2.24. The Labute approximate surface area is 204 Å². The Hall–Kier alpha value is -1.78. The van der Waals surface area contributed by atoms with Gasteiger partial charge < -0.3 is 10.6 Å². The van der Waals surface area contributed by atoms with E-state index < -0.39 is 10.0 Å². The molecule has 3 aromatic carbocycles. The predicted octanol–water partition coefficient (Wildman–Crippen LogP) is 3.92. The van der Waals surface area contributed by atoms with Crippen molar-refractivity contribution in [1.82, 2.24) is 14.9 Å². The normalized spacial score (nSPS) is 18.8. The summed E-state index contributed by atoms with van der Waals surface area (Å²) in [5.74, 6) is 0. The lowest BCUT2D eigenvalue weighted by molar-refractivity contribution is 0.285. The third kappa shape index (κ3) is 5.58. The zero-order valence-electron chi connectivity index (χ0n) is 18.0. The van der Waals surface area contributed by atoms with Crippen molar-refractivity contribution in [3.05, 3.63) is 99.1 Å². The maximum atomic E-state index is 13.7. The summed E-state index contributed by atoms with van der Waals surface area (Å²) in [5, 5.41) is 6.99. The molecule has 0 radical (unpaired) electrons. The molecule has 32 heavy (non-hydrogen) atoms. The molecule has 0 bridgehead atoms. The summed E-state index contributed by atoms with van der Waals surface area (Å²) in [5.41, 5.74) is 3.33. The standard InChI is InChI=1S/C25H28IN3O2S/c1-19-7-9-21(10-8-19)18-29(32(30,31)23-5-3-2-4-6-23)25-17-27-16-24(25)28-15-20-11-13-22(26)14-12-20/h2-14,24-25,27-28H,15-18H2,1H3/t24-,25-/m0/s1. The van der Waals surface area contributed by atoms with E-state index in [0.29, 0.717) is 24.5 Å². The number of sulfonamides is 1. The van der Waals surface area contributed by atoms with Gasteiger partial charge in [-0.1, -0.05) is 60.2 Å². The van der Waals surface area contributed by atoms with Crippen LogP contribution < -0.4 is 10.6 Å². The van der Waals surface area contributed by atoms with Crippen LogP contribution in [0.2, 0.25) is 0 Å². The van der Waals surface area contributed by atoms with E-state index in [4.69, 9.17) is 0 Å². The van der Waals surface area contributed by atoms with Gasteiger partial charge in [0.1, 0.15) is 0 Å². The number of nitrogens with one attached hydrogen (secondary N) is 2. The SMILES string of the molecule is Cc1ccc(CN([C@H]2CNC[C@@H]2NCc2ccc(I)cc2)S(=O)(=O)c2ccccc2)cc1. The summed E-state index contributed by atoms with van der Waals surface area (Å²) in [6.45, 7) is 4.41. The molecule has 0 saturated carbocycles. The lowest BCUT2D eigenvalue weighted by Gasteiger charge is -2.32. The van der Waals surface area contributed by atoms with Gasteiger partial charge in [0.2, 0.25) is 10.0 Å². The molecule has 3 aromatic rings. The van der Waals surface area contributed by atoms with Crippen molar-refractivity contribution >= 4 is 32.6 Å². The van der Waals surface area contributed by atoms with Crippen LogP contribution in [-0.2, 0) is 23.1 Å². The number of nitrogens with zero attached hydrogens (tertiary/aromatic N) is 1. The highest BCUT2D eigenvalue weighted by Gasteiger charge is 2.39. The van der Waals surface area contributed by atoms with E-state index in [9.17, 15) is 8.42 Å². The van der Waals surface area contributed by atoms with Gasteiger partial charge in [0.25, 0.3) is 0 Å². The Bertz CT molecular complexity index is 1120. The molecular formula is C25H28IN3O2S. The van der Waals surface area contributed by atoms with Crippen molar-refractivity contribution in [1.29, 1.82) is 0 Å². The first-order valence-electron chi connectivity index (χ1n) is 10.7. The molecule has 1 heterocycles. The van der Waals surface area contributed by atoms with Gasteiger partial charge in [0.05, 0.1) is 10.9 Å². The molecule has 1 aliphatic heterocycles. The van der Waals surface area contributed by atoms with E-state index in [2.05, 4.69) is 57.5 Å². The molecule has 0 spiro atoms. The number of hydrogen-bond donors (Lipinski definition) is 2. The second kappa shape index (κ2) is 10.4. The molecule has 4 rings (SSSR count). The van der Waals surface area contributed by atoms with Gasteiger partial charge in [-0.15, -0.1) is 0 Å². The van der Waals surface area contributed by atoms with Gasteiger partial charge >= 0.3 is 0 Å². The maximum Gasteiger partial charge on any atom is 0.243 e. The fourth-order valence-corrected chi connectivity index (χ4v) is 6.04. The maximum absolute atomic E-state index is 13.7. The molecule has 1 fully saturated rings. The lowest BCUT2D eigenvalue weighted by Crippen LogP contribution is -2.51. The van der Waals surface area contributed by atoms with Crippen LogP contribution in [0.25, 0.3) is 0 Å². The van der Waals surface area contributed by atoms with Crippen LogP contribution in [0.15, 0.2) is 83.8 Å². The van der Waals surface area contributed by atoms with Crippen molar-refractivity contribution in [3.8, 4) is 0 Å². The average Bonchev–Trinajstić information content (AvgIpc) is 3.27. The monoisotopic (exact) mass is 561 g/mol. The Kier molecular flexibility index (Phi) is 7.63. The van der Waals surface area contributed by atoms with Crippen LogP contribution in [0.1, 0.15) is 16.7 Å². The smallest absolute Gasteiger partial charge is 0.243 e. The van der Waals surface area contributed by atoms with Crippen molar-refractivity contribution in [3.63, 3.8) is 0 Å². The number of aryl methyl sites for hydroxylation is 1. The van der Waals surface area contributed by atoms with Crippen LogP contribution in [0.3, 0.4) is 0 Å². The van der Waals surface area contributed by atoms with Crippen LogP contribution in [0.4, 0.5) is 0 Å². The first-order chi connectivity index (χ1) is 15.4. The molecule has 0 unspecified atom stereocenters. The minimum Gasteiger partial charge on any atom is -0.313 e. The lowest BCUT2D eigenvalue weighted by atomic mass is 10.1. The van der Waals surface area contributed by atoms with E-state index in [0.717, 1.165) is 17.7 Å². The largest absolute Gasteiger partial charge is 0.313 e. The van der Waals surface area contributed by atoms with Crippen molar-refractivity contribution < 1.29 is 8.42 Å². The Balaban J connectivity index is 1.60. The summed E-state index contributed by atoms with van der Waals surface area (Å²) >= 11 is 2.30. The molecule has 1 saturated heterocycles. The molecule has 2 N–H and O–H groups in total. The summed E-state index contributed by atoms with van der Waals surface area (Å²) in [6.07, 6.45) is 0. The molecule has 1 aliphatic rings. The van der Waals surface area contributed by atoms with Gasteiger partial charge in [-0.25, -0.2) is 8.42 Å². The van der Waals surface area contributed by atoms with Crippen LogP contribution >= 0.6 is 22.6 Å². The summed E-state index contributed by atoms with van der Waals surface area (Å²) in [6, 6.07) is 25.0. The highest BCUT2D eigenvalue weighted by molar-refractivity contribution is 14.1. The predicted molar refractivity (Wildman–Crippen MR) is 137 cm³/mol. The summed E-state index contributed by atoms with van der Waals surface area (Å²) in [7, 11) is -3.66. The molecule has 168 valence electrons. The van der Waals surface area contributed by atoms with E-state index >= 15 is 0 Å². The Morgan fingerprint density at radius 3 is 2.28 bits per heavy atom. The fraction of sp³-hybridized carbons (Fsp3) is 0.280. The van der Waals surface area contributed by atoms with Crippen LogP contribution in [0, 0.1) is 10.5 Å². The van der Waals surface area contributed by atoms with Crippen LogP contribution in [-0.4, -0.2) is 37.9 Å². The minimum atomic E-state index is -3.66. The topological polar surface area (TPSA) is 61.4 Å². The van der Waals surface area contributed by atoms with Crippen molar-refractivity contribution in [2.45, 2.75) is 37.0 Å². The first-order valence-corrected chi connectivity index (χ1v) is 13.3. The third-order valence-electron chi connectivity index (χ3n) is 5.84. The second-order valence-electron chi connectivity index (χ2n) is 8.19. The molecule has 0 aliphatic carbocycles. The number of benzene rings is 3. The molecule has 2 atom stereocenters. The molecule has 0 amide bonds. The molecule has 5 nitrogen and oxygen atoms in total. The van der Waals surface area contributed by atoms with Gasteiger partial charge in [-0.3, -0.25) is 0 Å². The Morgan fingerprint density at radius 1 is 0.938 bits per heavy atom. The van der Waals surface area contributed by atoms with E-state index in [1.54, 1.807) is 28.6 Å². The van der Waals surface area contributed by atoms with Crippen molar-refractivity contribution in [2.75, 3.05) is 13.1 Å². The molecule has 7 heteroatoms. The average molecular weight is 561 g/mol. The van der Waals surface area contributed by atoms with E-state index in [1.807, 2.05) is 37.3 Å². The number of rotatable bonds is 8. The highest BCUT2D eigenvalue weighted by atomic mass is 127. The van der Waals surface area contributed by atoms with Gasteiger partial charge in [0.15, 0.2) is 0 Å². The second-order valence-corrected chi connectivity index (χ2v) is 11.3. The first kappa shape index (κ1) is 23.4. The van der Waals surface area contributed by atoms with E-state index in [1.165, 1.54) is 9.13 Å². The zero-order chi connectivity index (χ0) is 22.6. The summed E-state index contributed by atoms with van der Waals surface area (Å²) < 4.78 is 30.3. The zero-order valence-corrected chi connectivity index (χ0v) is 21.0. The van der Waals surface area contributed by atoms with Gasteiger partial charge in [0, 0.05) is 35.8 Å². The van der Waals surface area contributed by atoms with E-state index in [-0.39, 0.29) is 12.1 Å². The Morgan fingerprint density at radius 2 is 1.59 bits per heavy atom. The quantitative estimate of drug-likeness (QED) is 0.410. The molecule has 0 aromatic heterocycles.